The van der Waals surface area contributed by atoms with Crippen molar-refractivity contribution in [3.63, 3.8) is 0 Å². The minimum Gasteiger partial charge on any atom is -0.478 e. The molecule has 2 aromatic rings. The number of aromatic nitrogens is 1. The van der Waals surface area contributed by atoms with Gasteiger partial charge in [0.05, 0.1) is 21.4 Å². The van der Waals surface area contributed by atoms with Gasteiger partial charge in [0.25, 0.3) is 5.69 Å². The number of fused-ring (bicyclic) bond motifs is 1. The molecule has 2 rings (SSSR count). The predicted octanol–water partition coefficient (Wildman–Crippen LogP) is 2.27. The molecule has 0 spiro atoms. The largest absolute Gasteiger partial charge is 0.478 e. The summed E-state index contributed by atoms with van der Waals surface area (Å²) in [6, 6.07) is 4.55. The smallest absolute Gasteiger partial charge is 0.338 e. The van der Waals surface area contributed by atoms with Gasteiger partial charge in [0.2, 0.25) is 0 Å². The summed E-state index contributed by atoms with van der Waals surface area (Å²) in [5, 5.41) is 20.1. The first kappa shape index (κ1) is 11.1. The highest BCUT2D eigenvalue weighted by molar-refractivity contribution is 6.07. The van der Waals surface area contributed by atoms with Gasteiger partial charge in [0, 0.05) is 18.8 Å². The fourth-order valence-corrected chi connectivity index (χ4v) is 1.91. The van der Waals surface area contributed by atoms with Crippen molar-refractivity contribution >= 4 is 22.6 Å². The summed E-state index contributed by atoms with van der Waals surface area (Å²) >= 11 is 0. The maximum atomic E-state index is 11.1. The average molecular weight is 234 g/mol. The van der Waals surface area contributed by atoms with Crippen molar-refractivity contribution in [1.29, 1.82) is 0 Å². The Kier molecular flexibility index (Phi) is 2.55. The molecule has 1 heterocycles. The van der Waals surface area contributed by atoms with Gasteiger partial charge in [-0.1, -0.05) is 6.07 Å². The number of rotatable bonds is 3. The Hall–Kier alpha value is -2.37. The van der Waals surface area contributed by atoms with Gasteiger partial charge in [-0.15, -0.1) is 0 Å². The van der Waals surface area contributed by atoms with Gasteiger partial charge in [-0.2, -0.15) is 0 Å². The maximum absolute atomic E-state index is 11.1. The highest BCUT2D eigenvalue weighted by atomic mass is 16.6. The molecular formula is C11H10N2O4. The molecule has 0 aliphatic rings. The quantitative estimate of drug-likeness (QED) is 0.652. The Labute approximate surface area is 96.2 Å². The first-order valence-corrected chi connectivity index (χ1v) is 5.05. The van der Waals surface area contributed by atoms with E-state index in [4.69, 9.17) is 5.11 Å². The summed E-state index contributed by atoms with van der Waals surface area (Å²) in [6.45, 7) is 2.41. The van der Waals surface area contributed by atoms with Crippen LogP contribution >= 0.6 is 0 Å². The van der Waals surface area contributed by atoms with Crippen molar-refractivity contribution in [2.24, 2.45) is 0 Å². The van der Waals surface area contributed by atoms with Gasteiger partial charge in [-0.05, 0) is 13.0 Å². The minimum absolute atomic E-state index is 0.0332. The Morgan fingerprint density at radius 2 is 2.24 bits per heavy atom. The fourth-order valence-electron chi connectivity index (χ4n) is 1.91. The van der Waals surface area contributed by atoms with Crippen molar-refractivity contribution in [1.82, 2.24) is 4.57 Å². The van der Waals surface area contributed by atoms with Gasteiger partial charge < -0.3 is 9.67 Å². The molecule has 0 atom stereocenters. The molecule has 1 aromatic carbocycles. The lowest BCUT2D eigenvalue weighted by molar-refractivity contribution is -0.383. The van der Waals surface area contributed by atoms with Crippen molar-refractivity contribution in [3.8, 4) is 0 Å². The number of nitro benzene ring substituents is 1. The van der Waals surface area contributed by atoms with Crippen LogP contribution in [0.2, 0.25) is 0 Å². The van der Waals surface area contributed by atoms with Crippen molar-refractivity contribution in [2.75, 3.05) is 0 Å². The van der Waals surface area contributed by atoms with Crippen LogP contribution in [-0.2, 0) is 6.54 Å². The van der Waals surface area contributed by atoms with E-state index in [-0.39, 0.29) is 16.6 Å². The van der Waals surface area contributed by atoms with E-state index in [2.05, 4.69) is 0 Å². The van der Waals surface area contributed by atoms with E-state index < -0.39 is 10.9 Å². The zero-order valence-corrected chi connectivity index (χ0v) is 9.08. The van der Waals surface area contributed by atoms with Crippen molar-refractivity contribution < 1.29 is 14.8 Å². The first-order chi connectivity index (χ1) is 8.06. The third-order valence-electron chi connectivity index (χ3n) is 2.65. The molecule has 88 valence electrons. The fraction of sp³-hybridized carbons (Fsp3) is 0.182. The van der Waals surface area contributed by atoms with Crippen LogP contribution in [0.1, 0.15) is 17.3 Å². The third-order valence-corrected chi connectivity index (χ3v) is 2.65. The highest BCUT2D eigenvalue weighted by Gasteiger charge is 2.22. The van der Waals surface area contributed by atoms with Crippen LogP contribution in [0.4, 0.5) is 5.69 Å². The SMILES string of the molecule is CCn1cc(C(=O)O)c2c([N+](=O)[O-])cccc21. The van der Waals surface area contributed by atoms with E-state index in [0.29, 0.717) is 12.1 Å². The van der Waals surface area contributed by atoms with E-state index in [1.54, 1.807) is 16.7 Å². The number of hydrogen-bond acceptors (Lipinski definition) is 3. The molecule has 0 aliphatic carbocycles. The number of carboxylic acid groups (broad SMARTS) is 1. The summed E-state index contributed by atoms with van der Waals surface area (Å²) in [4.78, 5) is 21.4. The molecule has 0 saturated heterocycles. The molecular weight excluding hydrogens is 224 g/mol. The molecule has 0 saturated carbocycles. The molecule has 0 fully saturated rings. The second-order valence-corrected chi connectivity index (χ2v) is 3.56. The van der Waals surface area contributed by atoms with Crippen LogP contribution in [-0.4, -0.2) is 20.6 Å². The number of nitrogens with zero attached hydrogens (tertiary/aromatic N) is 2. The molecule has 0 aliphatic heterocycles. The topological polar surface area (TPSA) is 85.4 Å². The predicted molar refractivity (Wildman–Crippen MR) is 61.2 cm³/mol. The third kappa shape index (κ3) is 1.63. The van der Waals surface area contributed by atoms with Crippen LogP contribution in [0.25, 0.3) is 10.9 Å². The number of aryl methyl sites for hydroxylation is 1. The van der Waals surface area contributed by atoms with E-state index in [0.717, 1.165) is 0 Å². The number of carbonyl (C=O) groups is 1. The van der Waals surface area contributed by atoms with Gasteiger partial charge in [-0.3, -0.25) is 10.1 Å². The standard InChI is InChI=1S/C11H10N2O4/c1-2-12-6-7(11(14)15)10-8(12)4-3-5-9(10)13(16)17/h3-6H,2H2,1H3,(H,14,15). The molecule has 0 amide bonds. The number of carboxylic acids is 1. The van der Waals surface area contributed by atoms with Gasteiger partial charge in [0.1, 0.15) is 0 Å². The monoisotopic (exact) mass is 234 g/mol. The normalized spacial score (nSPS) is 10.6. The Morgan fingerprint density at radius 3 is 2.76 bits per heavy atom. The van der Waals surface area contributed by atoms with E-state index in [1.165, 1.54) is 12.3 Å². The zero-order valence-electron chi connectivity index (χ0n) is 9.08. The second kappa shape index (κ2) is 3.89. The lowest BCUT2D eigenvalue weighted by Crippen LogP contribution is -1.96. The van der Waals surface area contributed by atoms with Gasteiger partial charge in [-0.25, -0.2) is 4.79 Å². The lowest BCUT2D eigenvalue weighted by atomic mass is 10.1. The van der Waals surface area contributed by atoms with Crippen molar-refractivity contribution in [2.45, 2.75) is 13.5 Å². The van der Waals surface area contributed by atoms with Crippen molar-refractivity contribution in [3.05, 3.63) is 40.1 Å². The Balaban J connectivity index is 2.91. The summed E-state index contributed by atoms with van der Waals surface area (Å²) in [7, 11) is 0. The molecule has 17 heavy (non-hydrogen) atoms. The van der Waals surface area contributed by atoms with Gasteiger partial charge in [0.15, 0.2) is 0 Å². The molecule has 0 radical (unpaired) electrons. The Morgan fingerprint density at radius 1 is 1.53 bits per heavy atom. The van der Waals surface area contributed by atoms with E-state index >= 15 is 0 Å². The number of non-ortho nitro benzene ring substituents is 1. The number of nitro groups is 1. The Bertz CT molecular complexity index is 615. The molecule has 6 nitrogen and oxygen atoms in total. The molecule has 6 heteroatoms. The second-order valence-electron chi connectivity index (χ2n) is 3.56. The summed E-state index contributed by atoms with van der Waals surface area (Å²) in [5.41, 5.74) is 0.361. The minimum atomic E-state index is -1.16. The van der Waals surface area contributed by atoms with Crippen LogP contribution in [0.5, 0.6) is 0 Å². The number of aromatic carboxylic acids is 1. The maximum Gasteiger partial charge on any atom is 0.338 e. The molecule has 1 aromatic heterocycles. The molecule has 0 bridgehead atoms. The summed E-state index contributed by atoms with van der Waals surface area (Å²) < 4.78 is 1.69. The van der Waals surface area contributed by atoms with Crippen LogP contribution in [0.15, 0.2) is 24.4 Å². The lowest BCUT2D eigenvalue weighted by Gasteiger charge is -1.99. The summed E-state index contributed by atoms with van der Waals surface area (Å²) in [5.74, 6) is -1.16. The van der Waals surface area contributed by atoms with Crippen LogP contribution < -0.4 is 0 Å². The van der Waals surface area contributed by atoms with Crippen LogP contribution in [0, 0.1) is 10.1 Å². The number of benzene rings is 1. The molecule has 0 unspecified atom stereocenters. The zero-order chi connectivity index (χ0) is 12.6. The number of hydrogen-bond donors (Lipinski definition) is 1. The van der Waals surface area contributed by atoms with E-state index in [9.17, 15) is 14.9 Å². The summed E-state index contributed by atoms with van der Waals surface area (Å²) in [6.07, 6.45) is 1.43. The highest BCUT2D eigenvalue weighted by Crippen LogP contribution is 2.30. The van der Waals surface area contributed by atoms with E-state index in [1.807, 2.05) is 6.92 Å². The average Bonchev–Trinajstić information content (AvgIpc) is 2.67. The van der Waals surface area contributed by atoms with Crippen LogP contribution in [0.3, 0.4) is 0 Å². The molecule has 1 N–H and O–H groups in total. The first-order valence-electron chi connectivity index (χ1n) is 5.05. The van der Waals surface area contributed by atoms with Gasteiger partial charge >= 0.3 is 5.97 Å².